The molecule has 4 N–H and O–H groups in total. The van der Waals surface area contributed by atoms with Crippen LogP contribution in [-0.4, -0.2) is 5.91 Å². The number of primary amides is 1. The van der Waals surface area contributed by atoms with Crippen molar-refractivity contribution >= 4 is 17.5 Å². The fraction of sp³-hybridized carbons (Fsp3) is 0.125. The van der Waals surface area contributed by atoms with Crippen molar-refractivity contribution < 1.29 is 4.79 Å². The molecule has 0 radical (unpaired) electrons. The molecule has 0 fully saturated rings. The zero-order chi connectivity index (χ0) is 9.14. The SMILES string of the molecule is NCc1ccc(Cl)cc1C(N)=O. The van der Waals surface area contributed by atoms with Crippen LogP contribution in [0.15, 0.2) is 18.2 Å². The van der Waals surface area contributed by atoms with Crippen LogP contribution in [0.25, 0.3) is 0 Å². The molecule has 0 saturated heterocycles. The van der Waals surface area contributed by atoms with Crippen LogP contribution in [0.2, 0.25) is 5.02 Å². The highest BCUT2D eigenvalue weighted by atomic mass is 35.5. The van der Waals surface area contributed by atoms with Gasteiger partial charge in [-0.05, 0) is 17.7 Å². The fourth-order valence-corrected chi connectivity index (χ4v) is 1.13. The molecule has 64 valence electrons. The average Bonchev–Trinajstić information content (AvgIpc) is 2.04. The summed E-state index contributed by atoms with van der Waals surface area (Å²) >= 11 is 5.67. The predicted octanol–water partition coefficient (Wildman–Crippen LogP) is 0.898. The lowest BCUT2D eigenvalue weighted by Gasteiger charge is -2.03. The minimum absolute atomic E-state index is 0.287. The van der Waals surface area contributed by atoms with Gasteiger partial charge in [0.25, 0.3) is 0 Å². The summed E-state index contributed by atoms with van der Waals surface area (Å²) in [4.78, 5) is 10.8. The predicted molar refractivity (Wildman–Crippen MR) is 47.9 cm³/mol. The van der Waals surface area contributed by atoms with Crippen molar-refractivity contribution in [3.05, 3.63) is 34.3 Å². The summed E-state index contributed by atoms with van der Waals surface area (Å²) in [5.41, 5.74) is 11.6. The average molecular weight is 185 g/mol. The Kier molecular flexibility index (Phi) is 2.68. The molecule has 0 heterocycles. The first-order valence-electron chi connectivity index (χ1n) is 3.43. The molecule has 1 rings (SSSR count). The molecule has 0 aliphatic heterocycles. The van der Waals surface area contributed by atoms with Crippen molar-refractivity contribution in [2.75, 3.05) is 0 Å². The second-order valence-corrected chi connectivity index (χ2v) is 2.81. The van der Waals surface area contributed by atoms with Crippen LogP contribution >= 0.6 is 11.6 Å². The Morgan fingerprint density at radius 3 is 2.67 bits per heavy atom. The van der Waals surface area contributed by atoms with Crippen LogP contribution in [0.5, 0.6) is 0 Å². The highest BCUT2D eigenvalue weighted by molar-refractivity contribution is 6.31. The molecular formula is C8H9ClN2O. The van der Waals surface area contributed by atoms with E-state index >= 15 is 0 Å². The molecule has 0 aliphatic rings. The number of benzene rings is 1. The summed E-state index contributed by atoms with van der Waals surface area (Å²) in [6.07, 6.45) is 0. The molecular weight excluding hydrogens is 176 g/mol. The van der Waals surface area contributed by atoms with Crippen LogP contribution in [-0.2, 0) is 6.54 Å². The molecule has 1 amide bonds. The van der Waals surface area contributed by atoms with Gasteiger partial charge in [-0.25, -0.2) is 0 Å². The van der Waals surface area contributed by atoms with Crippen molar-refractivity contribution in [1.82, 2.24) is 0 Å². The summed E-state index contributed by atoms with van der Waals surface area (Å²) in [6.45, 7) is 0.287. The van der Waals surface area contributed by atoms with Gasteiger partial charge in [-0.1, -0.05) is 17.7 Å². The van der Waals surface area contributed by atoms with Crippen molar-refractivity contribution in [3.8, 4) is 0 Å². The standard InChI is InChI=1S/C8H9ClN2O/c9-6-2-1-5(4-10)7(3-6)8(11)12/h1-3H,4,10H2,(H2,11,12). The third kappa shape index (κ3) is 1.75. The topological polar surface area (TPSA) is 69.1 Å². The first kappa shape index (κ1) is 9.03. The zero-order valence-electron chi connectivity index (χ0n) is 6.38. The number of nitrogens with two attached hydrogens (primary N) is 2. The highest BCUT2D eigenvalue weighted by Crippen LogP contribution is 2.14. The maximum Gasteiger partial charge on any atom is 0.249 e. The van der Waals surface area contributed by atoms with Crippen molar-refractivity contribution in [2.45, 2.75) is 6.54 Å². The van der Waals surface area contributed by atoms with Crippen molar-refractivity contribution in [3.63, 3.8) is 0 Å². The molecule has 0 saturated carbocycles. The van der Waals surface area contributed by atoms with Crippen LogP contribution in [0.4, 0.5) is 0 Å². The molecule has 0 bridgehead atoms. The van der Waals surface area contributed by atoms with Crippen molar-refractivity contribution in [1.29, 1.82) is 0 Å². The number of hydrogen-bond donors (Lipinski definition) is 2. The van der Waals surface area contributed by atoms with Gasteiger partial charge in [0.15, 0.2) is 0 Å². The van der Waals surface area contributed by atoms with Gasteiger partial charge in [-0.2, -0.15) is 0 Å². The summed E-state index contributed by atoms with van der Waals surface area (Å²) in [7, 11) is 0. The monoisotopic (exact) mass is 184 g/mol. The van der Waals surface area contributed by atoms with Gasteiger partial charge >= 0.3 is 0 Å². The minimum atomic E-state index is -0.502. The molecule has 0 aliphatic carbocycles. The van der Waals surface area contributed by atoms with Gasteiger partial charge in [0.1, 0.15) is 0 Å². The lowest BCUT2D eigenvalue weighted by molar-refractivity contribution is 0.0999. The molecule has 4 heteroatoms. The van der Waals surface area contributed by atoms with Crippen LogP contribution in [0.3, 0.4) is 0 Å². The Balaban J connectivity index is 3.21. The van der Waals surface area contributed by atoms with E-state index in [0.29, 0.717) is 16.1 Å². The second kappa shape index (κ2) is 3.56. The molecule has 1 aromatic carbocycles. The quantitative estimate of drug-likeness (QED) is 0.717. The second-order valence-electron chi connectivity index (χ2n) is 2.37. The Labute approximate surface area is 75.3 Å². The van der Waals surface area contributed by atoms with E-state index in [1.807, 2.05) is 0 Å². The van der Waals surface area contributed by atoms with Crippen LogP contribution in [0, 0.1) is 0 Å². The van der Waals surface area contributed by atoms with E-state index in [-0.39, 0.29) is 6.54 Å². The summed E-state index contributed by atoms with van der Waals surface area (Å²) in [6, 6.07) is 4.89. The van der Waals surface area contributed by atoms with Gasteiger partial charge in [-0.3, -0.25) is 4.79 Å². The highest BCUT2D eigenvalue weighted by Gasteiger charge is 2.06. The maximum atomic E-state index is 10.8. The maximum absolute atomic E-state index is 10.8. The molecule has 0 aromatic heterocycles. The number of amides is 1. The lowest BCUT2D eigenvalue weighted by atomic mass is 10.1. The van der Waals surface area contributed by atoms with E-state index in [4.69, 9.17) is 23.1 Å². The third-order valence-electron chi connectivity index (χ3n) is 1.56. The number of carbonyl (C=O) groups excluding carboxylic acids is 1. The number of hydrogen-bond acceptors (Lipinski definition) is 2. The number of halogens is 1. The Morgan fingerprint density at radius 2 is 2.17 bits per heavy atom. The molecule has 1 aromatic rings. The Morgan fingerprint density at radius 1 is 1.50 bits per heavy atom. The van der Waals surface area contributed by atoms with E-state index in [1.165, 1.54) is 6.07 Å². The van der Waals surface area contributed by atoms with Gasteiger partial charge in [0, 0.05) is 17.1 Å². The van der Waals surface area contributed by atoms with Crippen LogP contribution in [0.1, 0.15) is 15.9 Å². The van der Waals surface area contributed by atoms with E-state index in [2.05, 4.69) is 0 Å². The van der Waals surface area contributed by atoms with E-state index in [0.717, 1.165) is 0 Å². The third-order valence-corrected chi connectivity index (χ3v) is 1.79. The number of carbonyl (C=O) groups is 1. The van der Waals surface area contributed by atoms with Crippen LogP contribution < -0.4 is 11.5 Å². The van der Waals surface area contributed by atoms with Gasteiger partial charge < -0.3 is 11.5 Å². The largest absolute Gasteiger partial charge is 0.366 e. The first-order chi connectivity index (χ1) is 5.65. The minimum Gasteiger partial charge on any atom is -0.366 e. The summed E-state index contributed by atoms with van der Waals surface area (Å²) in [5.74, 6) is -0.502. The molecule has 12 heavy (non-hydrogen) atoms. The van der Waals surface area contributed by atoms with Gasteiger partial charge in [0.05, 0.1) is 0 Å². The first-order valence-corrected chi connectivity index (χ1v) is 3.81. The molecule has 0 atom stereocenters. The fourth-order valence-electron chi connectivity index (χ4n) is 0.956. The normalized spacial score (nSPS) is 9.83. The molecule has 0 unspecified atom stereocenters. The van der Waals surface area contributed by atoms with E-state index in [1.54, 1.807) is 12.1 Å². The smallest absolute Gasteiger partial charge is 0.249 e. The van der Waals surface area contributed by atoms with E-state index < -0.39 is 5.91 Å². The van der Waals surface area contributed by atoms with Crippen molar-refractivity contribution in [2.24, 2.45) is 11.5 Å². The summed E-state index contributed by atoms with van der Waals surface area (Å²) in [5, 5.41) is 0.487. The van der Waals surface area contributed by atoms with Gasteiger partial charge in [0.2, 0.25) is 5.91 Å². The van der Waals surface area contributed by atoms with E-state index in [9.17, 15) is 4.79 Å². The molecule has 3 nitrogen and oxygen atoms in total. The zero-order valence-corrected chi connectivity index (χ0v) is 7.14. The Hall–Kier alpha value is -1.06. The number of rotatable bonds is 2. The Bertz CT molecular complexity index is 312. The summed E-state index contributed by atoms with van der Waals surface area (Å²) < 4.78 is 0. The molecule has 0 spiro atoms. The lowest BCUT2D eigenvalue weighted by Crippen LogP contribution is -2.15. The van der Waals surface area contributed by atoms with Gasteiger partial charge in [-0.15, -0.1) is 0 Å².